The topological polar surface area (TPSA) is 69.0 Å². The van der Waals surface area contributed by atoms with E-state index in [1.807, 2.05) is 18.4 Å². The largest absolute Gasteiger partial charge is 0.442 e. The molecule has 116 valence electrons. The molecule has 3 rings (SSSR count). The van der Waals surface area contributed by atoms with Gasteiger partial charge in [0.15, 0.2) is 0 Å². The molecule has 1 fully saturated rings. The number of nitrogens with zero attached hydrogens (tertiary/aromatic N) is 3. The van der Waals surface area contributed by atoms with Gasteiger partial charge in [0.1, 0.15) is 16.4 Å². The molecule has 7 heteroatoms. The molecular formula is C15H17ClN4O2. The molecule has 0 aromatic carbocycles. The number of fused-ring (bicyclic) bond motifs is 1. The van der Waals surface area contributed by atoms with Crippen LogP contribution in [0.5, 0.6) is 5.88 Å². The van der Waals surface area contributed by atoms with Gasteiger partial charge in [-0.1, -0.05) is 18.2 Å². The number of carbonyl (C=O) groups excluding carboxylic acids is 1. The number of carbonyl (C=O) groups is 1. The predicted octanol–water partition coefficient (Wildman–Crippen LogP) is 2.69. The van der Waals surface area contributed by atoms with Crippen molar-refractivity contribution < 1.29 is 9.53 Å². The standard InChI is InChI=1S/C15H17ClN4O2/c1-8(2)20-7-18-11-5-12(16)19-15(14(11)20)22-9(3)10-4-13(21)17-6-10/h5,7-8,10H,3-4,6H2,1-2H3,(H,17,21)/t10-/m1/s1. The highest BCUT2D eigenvalue weighted by Crippen LogP contribution is 2.31. The van der Waals surface area contributed by atoms with Crippen molar-refractivity contribution in [2.75, 3.05) is 6.54 Å². The van der Waals surface area contributed by atoms with Gasteiger partial charge < -0.3 is 14.6 Å². The van der Waals surface area contributed by atoms with Crippen LogP contribution in [-0.2, 0) is 4.79 Å². The maximum Gasteiger partial charge on any atom is 0.246 e. The lowest BCUT2D eigenvalue weighted by Gasteiger charge is -2.15. The van der Waals surface area contributed by atoms with Gasteiger partial charge in [0, 0.05) is 31.0 Å². The molecule has 1 aliphatic rings. The summed E-state index contributed by atoms with van der Waals surface area (Å²) in [6.07, 6.45) is 2.12. The Hall–Kier alpha value is -2.08. The summed E-state index contributed by atoms with van der Waals surface area (Å²) in [6.45, 7) is 8.57. The Labute approximate surface area is 133 Å². The average molecular weight is 321 g/mol. The molecule has 2 aromatic heterocycles. The fourth-order valence-electron chi connectivity index (χ4n) is 2.50. The second-order valence-electron chi connectivity index (χ2n) is 5.64. The zero-order valence-electron chi connectivity index (χ0n) is 12.5. The van der Waals surface area contributed by atoms with Crippen molar-refractivity contribution in [3.8, 4) is 5.88 Å². The normalized spacial score (nSPS) is 18.0. The highest BCUT2D eigenvalue weighted by Gasteiger charge is 2.26. The smallest absolute Gasteiger partial charge is 0.246 e. The first-order chi connectivity index (χ1) is 10.5. The third kappa shape index (κ3) is 2.66. The van der Waals surface area contributed by atoms with E-state index in [0.29, 0.717) is 29.8 Å². The van der Waals surface area contributed by atoms with E-state index in [1.165, 1.54) is 0 Å². The Morgan fingerprint density at radius 3 is 3.00 bits per heavy atom. The summed E-state index contributed by atoms with van der Waals surface area (Å²) >= 11 is 6.04. The summed E-state index contributed by atoms with van der Waals surface area (Å²) in [6, 6.07) is 1.91. The minimum atomic E-state index is -0.0567. The number of amides is 1. The van der Waals surface area contributed by atoms with E-state index in [-0.39, 0.29) is 17.9 Å². The number of nitrogens with one attached hydrogen (secondary N) is 1. The number of ether oxygens (including phenoxy) is 1. The van der Waals surface area contributed by atoms with E-state index in [1.54, 1.807) is 12.4 Å². The summed E-state index contributed by atoms with van der Waals surface area (Å²) in [5.41, 5.74) is 1.50. The van der Waals surface area contributed by atoms with E-state index in [9.17, 15) is 4.79 Å². The van der Waals surface area contributed by atoms with Gasteiger partial charge in [0.2, 0.25) is 11.8 Å². The molecule has 3 heterocycles. The predicted molar refractivity (Wildman–Crippen MR) is 83.8 cm³/mol. The van der Waals surface area contributed by atoms with Gasteiger partial charge >= 0.3 is 0 Å². The number of pyridine rings is 1. The summed E-state index contributed by atoms with van der Waals surface area (Å²) in [4.78, 5) is 19.9. The Balaban J connectivity index is 1.97. The van der Waals surface area contributed by atoms with Crippen molar-refractivity contribution in [3.63, 3.8) is 0 Å². The molecule has 0 spiro atoms. The fraction of sp³-hybridized carbons (Fsp3) is 0.400. The van der Waals surface area contributed by atoms with Gasteiger partial charge in [-0.25, -0.2) is 4.98 Å². The lowest BCUT2D eigenvalue weighted by atomic mass is 10.1. The van der Waals surface area contributed by atoms with Crippen LogP contribution in [0.25, 0.3) is 11.0 Å². The van der Waals surface area contributed by atoms with Crippen LogP contribution in [-0.4, -0.2) is 27.0 Å². The molecule has 1 saturated heterocycles. The molecule has 0 bridgehead atoms. The van der Waals surface area contributed by atoms with Gasteiger partial charge in [0.05, 0.1) is 11.8 Å². The lowest BCUT2D eigenvalue weighted by Crippen LogP contribution is -2.15. The molecule has 1 atom stereocenters. The summed E-state index contributed by atoms with van der Waals surface area (Å²) in [5.74, 6) is 0.828. The highest BCUT2D eigenvalue weighted by atomic mass is 35.5. The number of aromatic nitrogens is 3. The van der Waals surface area contributed by atoms with E-state index >= 15 is 0 Å². The molecule has 0 saturated carbocycles. The zero-order valence-corrected chi connectivity index (χ0v) is 13.2. The second kappa shape index (κ2) is 5.61. The van der Waals surface area contributed by atoms with Crippen molar-refractivity contribution >= 4 is 28.5 Å². The SMILES string of the molecule is C=C(Oc1nc(Cl)cc2ncn(C(C)C)c12)[C@H]1CNC(=O)C1. The highest BCUT2D eigenvalue weighted by molar-refractivity contribution is 6.30. The monoisotopic (exact) mass is 320 g/mol. The summed E-state index contributed by atoms with van der Waals surface area (Å²) in [5, 5.41) is 3.08. The number of hydrogen-bond acceptors (Lipinski definition) is 4. The van der Waals surface area contributed by atoms with Gasteiger partial charge in [0.25, 0.3) is 0 Å². The number of rotatable bonds is 4. The molecule has 0 unspecified atom stereocenters. The first-order valence-electron chi connectivity index (χ1n) is 7.12. The van der Waals surface area contributed by atoms with E-state index in [4.69, 9.17) is 16.3 Å². The molecular weight excluding hydrogens is 304 g/mol. The molecule has 0 radical (unpaired) electrons. The fourth-order valence-corrected chi connectivity index (χ4v) is 2.68. The van der Waals surface area contributed by atoms with E-state index in [0.717, 1.165) is 11.0 Å². The van der Waals surface area contributed by atoms with Crippen molar-refractivity contribution in [2.45, 2.75) is 26.3 Å². The van der Waals surface area contributed by atoms with Gasteiger partial charge in [-0.15, -0.1) is 0 Å². The summed E-state index contributed by atoms with van der Waals surface area (Å²) < 4.78 is 7.82. The third-order valence-corrected chi connectivity index (χ3v) is 3.90. The number of hydrogen-bond donors (Lipinski definition) is 1. The lowest BCUT2D eigenvalue weighted by molar-refractivity contribution is -0.119. The van der Waals surface area contributed by atoms with Crippen LogP contribution in [0.1, 0.15) is 26.3 Å². The van der Waals surface area contributed by atoms with Crippen LogP contribution in [0.4, 0.5) is 0 Å². The first-order valence-corrected chi connectivity index (χ1v) is 7.50. The van der Waals surface area contributed by atoms with Crippen molar-refractivity contribution in [3.05, 3.63) is 29.9 Å². The molecule has 22 heavy (non-hydrogen) atoms. The maximum absolute atomic E-state index is 11.3. The van der Waals surface area contributed by atoms with Crippen LogP contribution in [0.3, 0.4) is 0 Å². The molecule has 1 amide bonds. The molecule has 2 aromatic rings. The van der Waals surface area contributed by atoms with E-state index in [2.05, 4.69) is 21.9 Å². The van der Waals surface area contributed by atoms with Crippen LogP contribution >= 0.6 is 11.6 Å². The van der Waals surface area contributed by atoms with Crippen molar-refractivity contribution in [1.82, 2.24) is 19.9 Å². The minimum Gasteiger partial charge on any atom is -0.442 e. The molecule has 1 N–H and O–H groups in total. The van der Waals surface area contributed by atoms with Crippen LogP contribution in [0, 0.1) is 5.92 Å². The maximum atomic E-state index is 11.3. The van der Waals surface area contributed by atoms with Crippen LogP contribution < -0.4 is 10.1 Å². The quantitative estimate of drug-likeness (QED) is 0.694. The Morgan fingerprint density at radius 2 is 2.36 bits per heavy atom. The Bertz CT molecular complexity index is 753. The molecule has 1 aliphatic heterocycles. The van der Waals surface area contributed by atoms with Crippen molar-refractivity contribution in [2.24, 2.45) is 5.92 Å². The second-order valence-corrected chi connectivity index (χ2v) is 6.02. The summed E-state index contributed by atoms with van der Waals surface area (Å²) in [7, 11) is 0. The van der Waals surface area contributed by atoms with Crippen molar-refractivity contribution in [1.29, 1.82) is 0 Å². The Kier molecular flexibility index (Phi) is 3.78. The van der Waals surface area contributed by atoms with Gasteiger partial charge in [-0.3, -0.25) is 4.79 Å². The Morgan fingerprint density at radius 1 is 1.59 bits per heavy atom. The average Bonchev–Trinajstić information content (AvgIpc) is 3.04. The molecule has 0 aliphatic carbocycles. The zero-order chi connectivity index (χ0) is 15.9. The minimum absolute atomic E-state index is 0.00572. The number of halogens is 1. The third-order valence-electron chi connectivity index (χ3n) is 3.71. The number of imidazole rings is 1. The van der Waals surface area contributed by atoms with Gasteiger partial charge in [-0.05, 0) is 13.8 Å². The first kappa shape index (κ1) is 14.8. The van der Waals surface area contributed by atoms with E-state index < -0.39 is 0 Å². The molecule has 6 nitrogen and oxygen atoms in total. The van der Waals surface area contributed by atoms with Crippen LogP contribution in [0.15, 0.2) is 24.7 Å². The van der Waals surface area contributed by atoms with Gasteiger partial charge in [-0.2, -0.15) is 4.98 Å². The van der Waals surface area contributed by atoms with Crippen LogP contribution in [0.2, 0.25) is 5.15 Å².